The molecule has 1 saturated carbocycles. The molecule has 1 aromatic carbocycles. The highest BCUT2D eigenvalue weighted by Crippen LogP contribution is 2.44. The quantitative estimate of drug-likeness (QED) is 0.495. The SMILES string of the molecule is C[Si](C)(C)CCOCn1cnc(C2CC2)c1-c1ccccc1Cl. The van der Waals surface area contributed by atoms with Crippen LogP contribution in [0.25, 0.3) is 11.3 Å². The second kappa shape index (κ2) is 6.79. The predicted octanol–water partition coefficient (Wildman–Crippen LogP) is 5.39. The molecule has 1 heterocycles. The number of halogens is 1. The lowest BCUT2D eigenvalue weighted by atomic mass is 10.1. The van der Waals surface area contributed by atoms with E-state index < -0.39 is 8.07 Å². The standard InChI is InChI=1S/C18H25ClN2OSi/c1-23(2,3)11-10-22-13-21-12-20-17(14-8-9-14)18(21)15-6-4-5-7-16(15)19/h4-7,12,14H,8-11,13H2,1-3H3. The van der Waals surface area contributed by atoms with Crippen LogP contribution in [0.4, 0.5) is 0 Å². The minimum Gasteiger partial charge on any atom is -0.361 e. The van der Waals surface area contributed by atoms with E-state index in [4.69, 9.17) is 16.3 Å². The van der Waals surface area contributed by atoms with Gasteiger partial charge < -0.3 is 9.30 Å². The van der Waals surface area contributed by atoms with Gasteiger partial charge >= 0.3 is 0 Å². The van der Waals surface area contributed by atoms with Crippen LogP contribution in [0.2, 0.25) is 30.7 Å². The highest BCUT2D eigenvalue weighted by Gasteiger charge is 2.30. The Bertz CT molecular complexity index is 674. The van der Waals surface area contributed by atoms with E-state index in [2.05, 4.69) is 35.3 Å². The zero-order valence-electron chi connectivity index (χ0n) is 14.2. The van der Waals surface area contributed by atoms with Gasteiger partial charge in [0, 0.05) is 31.2 Å². The van der Waals surface area contributed by atoms with Crippen LogP contribution in [-0.4, -0.2) is 24.2 Å². The van der Waals surface area contributed by atoms with Crippen LogP contribution in [0.3, 0.4) is 0 Å². The normalized spacial score (nSPS) is 15.1. The van der Waals surface area contributed by atoms with Gasteiger partial charge in [0.1, 0.15) is 6.73 Å². The number of aromatic nitrogens is 2. The van der Waals surface area contributed by atoms with E-state index in [9.17, 15) is 0 Å². The van der Waals surface area contributed by atoms with Crippen LogP contribution < -0.4 is 0 Å². The third kappa shape index (κ3) is 4.25. The molecule has 124 valence electrons. The van der Waals surface area contributed by atoms with Crippen molar-refractivity contribution in [1.82, 2.24) is 9.55 Å². The number of imidazole rings is 1. The summed E-state index contributed by atoms with van der Waals surface area (Å²) in [6.45, 7) is 8.47. The third-order valence-corrected chi connectivity index (χ3v) is 6.22. The second-order valence-corrected chi connectivity index (χ2v) is 13.6. The van der Waals surface area contributed by atoms with Gasteiger partial charge in [-0.15, -0.1) is 0 Å². The lowest BCUT2D eigenvalue weighted by molar-refractivity contribution is 0.0881. The average Bonchev–Trinajstić information content (AvgIpc) is 3.24. The van der Waals surface area contributed by atoms with E-state index in [1.54, 1.807) is 0 Å². The van der Waals surface area contributed by atoms with Crippen molar-refractivity contribution in [2.45, 2.75) is 51.2 Å². The molecule has 23 heavy (non-hydrogen) atoms. The third-order valence-electron chi connectivity index (χ3n) is 4.19. The summed E-state index contributed by atoms with van der Waals surface area (Å²) < 4.78 is 8.04. The Morgan fingerprint density at radius 1 is 1.26 bits per heavy atom. The van der Waals surface area contributed by atoms with Gasteiger partial charge in [0.05, 0.1) is 17.7 Å². The minimum atomic E-state index is -1.06. The van der Waals surface area contributed by atoms with Crippen molar-refractivity contribution in [2.75, 3.05) is 6.61 Å². The monoisotopic (exact) mass is 348 g/mol. The van der Waals surface area contributed by atoms with Gasteiger partial charge in [0.25, 0.3) is 0 Å². The molecule has 0 atom stereocenters. The molecule has 1 aliphatic carbocycles. The largest absolute Gasteiger partial charge is 0.361 e. The van der Waals surface area contributed by atoms with E-state index in [0.29, 0.717) is 12.6 Å². The Kier molecular flexibility index (Phi) is 4.95. The molecule has 3 rings (SSSR count). The number of ether oxygens (including phenoxy) is 1. The van der Waals surface area contributed by atoms with E-state index in [-0.39, 0.29) is 0 Å². The van der Waals surface area contributed by atoms with Gasteiger partial charge in [-0.3, -0.25) is 0 Å². The van der Waals surface area contributed by atoms with Crippen molar-refractivity contribution < 1.29 is 4.74 Å². The Morgan fingerprint density at radius 3 is 2.65 bits per heavy atom. The molecule has 1 fully saturated rings. The summed E-state index contributed by atoms with van der Waals surface area (Å²) in [5.41, 5.74) is 3.36. The first kappa shape index (κ1) is 16.7. The Labute approximate surface area is 144 Å². The maximum absolute atomic E-state index is 6.43. The van der Waals surface area contributed by atoms with Crippen LogP contribution in [-0.2, 0) is 11.5 Å². The number of benzene rings is 1. The highest BCUT2D eigenvalue weighted by atomic mass is 35.5. The van der Waals surface area contributed by atoms with Crippen LogP contribution in [0, 0.1) is 0 Å². The summed E-state index contributed by atoms with van der Waals surface area (Å²) in [6, 6.07) is 9.19. The van der Waals surface area contributed by atoms with E-state index in [1.807, 2.05) is 24.5 Å². The molecule has 0 radical (unpaired) electrons. The molecule has 1 aromatic heterocycles. The molecular weight excluding hydrogens is 324 g/mol. The van der Waals surface area contributed by atoms with E-state index in [0.717, 1.165) is 22.9 Å². The van der Waals surface area contributed by atoms with Gasteiger partial charge in [-0.2, -0.15) is 0 Å². The van der Waals surface area contributed by atoms with Gasteiger partial charge in [0.15, 0.2) is 0 Å². The number of rotatable bonds is 7. The average molecular weight is 349 g/mol. The van der Waals surface area contributed by atoms with Crippen molar-refractivity contribution in [2.24, 2.45) is 0 Å². The molecule has 0 amide bonds. The molecule has 3 nitrogen and oxygen atoms in total. The lowest BCUT2D eigenvalue weighted by Gasteiger charge is -2.16. The maximum Gasteiger partial charge on any atom is 0.124 e. The molecule has 0 bridgehead atoms. The number of nitrogens with zero attached hydrogens (tertiary/aromatic N) is 2. The molecule has 0 N–H and O–H groups in total. The molecule has 0 aliphatic heterocycles. The van der Waals surface area contributed by atoms with Crippen molar-refractivity contribution in [3.8, 4) is 11.3 Å². The molecule has 0 spiro atoms. The van der Waals surface area contributed by atoms with Gasteiger partial charge in [-0.05, 0) is 25.0 Å². The summed E-state index contributed by atoms with van der Waals surface area (Å²) in [5, 5.41) is 0.776. The molecular formula is C18H25ClN2OSi. The Balaban J connectivity index is 1.80. The van der Waals surface area contributed by atoms with Crippen LogP contribution in [0.5, 0.6) is 0 Å². The topological polar surface area (TPSA) is 27.1 Å². The zero-order valence-corrected chi connectivity index (χ0v) is 15.9. The van der Waals surface area contributed by atoms with Crippen LogP contribution in [0.15, 0.2) is 30.6 Å². The fraction of sp³-hybridized carbons (Fsp3) is 0.500. The first-order chi connectivity index (χ1) is 11.0. The molecule has 2 aromatic rings. The summed E-state index contributed by atoms with van der Waals surface area (Å²) in [7, 11) is -1.06. The summed E-state index contributed by atoms with van der Waals surface area (Å²) >= 11 is 6.43. The lowest BCUT2D eigenvalue weighted by Crippen LogP contribution is -2.22. The van der Waals surface area contributed by atoms with Crippen molar-refractivity contribution in [1.29, 1.82) is 0 Å². The van der Waals surface area contributed by atoms with Gasteiger partial charge in [0.2, 0.25) is 0 Å². The summed E-state index contributed by atoms with van der Waals surface area (Å²) in [5.74, 6) is 0.588. The van der Waals surface area contributed by atoms with Crippen LogP contribution >= 0.6 is 11.6 Å². The summed E-state index contributed by atoms with van der Waals surface area (Å²) in [4.78, 5) is 4.66. The molecule has 1 aliphatic rings. The summed E-state index contributed by atoms with van der Waals surface area (Å²) in [6.07, 6.45) is 4.36. The van der Waals surface area contributed by atoms with Gasteiger partial charge in [-0.25, -0.2) is 4.98 Å². The number of hydrogen-bond acceptors (Lipinski definition) is 2. The van der Waals surface area contributed by atoms with Gasteiger partial charge in [-0.1, -0.05) is 49.4 Å². The first-order valence-electron chi connectivity index (χ1n) is 8.33. The molecule has 0 saturated heterocycles. The Hall–Kier alpha value is -1.10. The van der Waals surface area contributed by atoms with E-state index in [1.165, 1.54) is 24.6 Å². The first-order valence-corrected chi connectivity index (χ1v) is 12.4. The van der Waals surface area contributed by atoms with Crippen molar-refractivity contribution >= 4 is 19.7 Å². The van der Waals surface area contributed by atoms with E-state index >= 15 is 0 Å². The maximum atomic E-state index is 6.43. The minimum absolute atomic E-state index is 0.546. The second-order valence-electron chi connectivity index (χ2n) is 7.55. The Morgan fingerprint density at radius 2 is 2.00 bits per heavy atom. The fourth-order valence-electron chi connectivity index (χ4n) is 2.64. The zero-order chi connectivity index (χ0) is 16.4. The highest BCUT2D eigenvalue weighted by molar-refractivity contribution is 6.76. The fourth-order valence-corrected chi connectivity index (χ4v) is 3.62. The molecule has 5 heteroatoms. The number of hydrogen-bond donors (Lipinski definition) is 0. The van der Waals surface area contributed by atoms with Crippen molar-refractivity contribution in [3.63, 3.8) is 0 Å². The van der Waals surface area contributed by atoms with Crippen molar-refractivity contribution in [3.05, 3.63) is 41.3 Å². The van der Waals surface area contributed by atoms with Crippen LogP contribution in [0.1, 0.15) is 24.5 Å². The smallest absolute Gasteiger partial charge is 0.124 e. The predicted molar refractivity (Wildman–Crippen MR) is 98.8 cm³/mol. The molecule has 0 unspecified atom stereocenters.